The van der Waals surface area contributed by atoms with Crippen LogP contribution in [-0.4, -0.2) is 28.2 Å². The maximum absolute atomic E-state index is 12.1. The van der Waals surface area contributed by atoms with Gasteiger partial charge in [-0.25, -0.2) is 0 Å². The Hall–Kier alpha value is -2.11. The first-order valence-electron chi connectivity index (χ1n) is 7.35. The van der Waals surface area contributed by atoms with Crippen molar-refractivity contribution in [1.29, 1.82) is 0 Å². The minimum absolute atomic E-state index is 0.101. The number of amides is 2. The molecule has 2 rings (SSSR count). The SMILES string of the molecule is CC(=O)N(CCC(=O)Nc1ccc(Cl)cc1Cl)Cc1cccnc1. The van der Waals surface area contributed by atoms with Crippen LogP contribution in [0.4, 0.5) is 5.69 Å². The topological polar surface area (TPSA) is 62.3 Å². The number of nitrogens with one attached hydrogen (secondary N) is 1. The standard InChI is InChI=1S/C17H17Cl2N3O2/c1-12(23)22(11-13-3-2-7-20-10-13)8-6-17(24)21-16-5-4-14(18)9-15(16)19/h2-5,7,9-10H,6,8,11H2,1H3,(H,21,24). The Morgan fingerprint density at radius 1 is 1.25 bits per heavy atom. The third-order valence-electron chi connectivity index (χ3n) is 3.36. The fraction of sp³-hybridized carbons (Fsp3) is 0.235. The van der Waals surface area contributed by atoms with Crippen molar-refractivity contribution in [3.8, 4) is 0 Å². The Morgan fingerprint density at radius 3 is 2.67 bits per heavy atom. The van der Waals surface area contributed by atoms with E-state index in [-0.39, 0.29) is 18.2 Å². The Labute approximate surface area is 150 Å². The number of carbonyl (C=O) groups excluding carboxylic acids is 2. The molecule has 24 heavy (non-hydrogen) atoms. The van der Waals surface area contributed by atoms with E-state index in [1.165, 1.54) is 6.92 Å². The lowest BCUT2D eigenvalue weighted by Crippen LogP contribution is -2.31. The predicted octanol–water partition coefficient (Wildman–Crippen LogP) is 3.77. The van der Waals surface area contributed by atoms with Crippen LogP contribution in [0.3, 0.4) is 0 Å². The van der Waals surface area contributed by atoms with Gasteiger partial charge in [0.1, 0.15) is 0 Å². The number of carbonyl (C=O) groups is 2. The second kappa shape index (κ2) is 8.66. The van der Waals surface area contributed by atoms with Gasteiger partial charge in [-0.15, -0.1) is 0 Å². The molecule has 7 heteroatoms. The molecule has 0 unspecified atom stereocenters. The summed E-state index contributed by atoms with van der Waals surface area (Å²) in [6.45, 7) is 2.20. The quantitative estimate of drug-likeness (QED) is 0.847. The summed E-state index contributed by atoms with van der Waals surface area (Å²) in [5.41, 5.74) is 1.40. The third kappa shape index (κ3) is 5.51. The largest absolute Gasteiger partial charge is 0.338 e. The molecule has 1 aromatic heterocycles. The second-order valence-corrected chi connectivity index (χ2v) is 6.07. The first-order valence-corrected chi connectivity index (χ1v) is 8.10. The van der Waals surface area contributed by atoms with Gasteiger partial charge in [0.05, 0.1) is 10.7 Å². The molecule has 0 saturated heterocycles. The monoisotopic (exact) mass is 365 g/mol. The van der Waals surface area contributed by atoms with Crippen molar-refractivity contribution < 1.29 is 9.59 Å². The number of hydrogen-bond donors (Lipinski definition) is 1. The van der Waals surface area contributed by atoms with Crippen LogP contribution in [0, 0.1) is 0 Å². The van der Waals surface area contributed by atoms with Crippen LogP contribution in [-0.2, 0) is 16.1 Å². The summed E-state index contributed by atoms with van der Waals surface area (Å²) >= 11 is 11.8. The number of anilines is 1. The number of benzene rings is 1. The van der Waals surface area contributed by atoms with Crippen molar-refractivity contribution in [2.24, 2.45) is 0 Å². The van der Waals surface area contributed by atoms with Crippen LogP contribution in [0.2, 0.25) is 10.0 Å². The molecule has 0 fully saturated rings. The minimum atomic E-state index is -0.225. The Kier molecular flexibility index (Phi) is 6.58. The molecule has 0 aliphatic carbocycles. The molecule has 2 amide bonds. The zero-order chi connectivity index (χ0) is 17.5. The lowest BCUT2D eigenvalue weighted by Gasteiger charge is -2.20. The van der Waals surface area contributed by atoms with Crippen LogP contribution >= 0.6 is 23.2 Å². The first-order chi connectivity index (χ1) is 11.5. The summed E-state index contributed by atoms with van der Waals surface area (Å²) in [5.74, 6) is -0.326. The first kappa shape index (κ1) is 18.2. The summed E-state index contributed by atoms with van der Waals surface area (Å²) in [6, 6.07) is 8.54. The molecule has 0 saturated carbocycles. The highest BCUT2D eigenvalue weighted by Crippen LogP contribution is 2.25. The second-order valence-electron chi connectivity index (χ2n) is 5.22. The fourth-order valence-electron chi connectivity index (χ4n) is 2.10. The minimum Gasteiger partial charge on any atom is -0.338 e. The van der Waals surface area contributed by atoms with Gasteiger partial charge in [0.15, 0.2) is 0 Å². The predicted molar refractivity (Wildman–Crippen MR) is 95.0 cm³/mol. The van der Waals surface area contributed by atoms with Gasteiger partial charge in [0, 0.05) is 43.9 Å². The van der Waals surface area contributed by atoms with Gasteiger partial charge in [-0.3, -0.25) is 14.6 Å². The average Bonchev–Trinajstić information content (AvgIpc) is 2.55. The molecule has 0 atom stereocenters. The summed E-state index contributed by atoms with van der Waals surface area (Å²) in [6.07, 6.45) is 3.53. The van der Waals surface area contributed by atoms with Gasteiger partial charge in [-0.05, 0) is 29.8 Å². The number of hydrogen-bond acceptors (Lipinski definition) is 3. The maximum atomic E-state index is 12.1. The van der Waals surface area contributed by atoms with E-state index in [9.17, 15) is 9.59 Å². The van der Waals surface area contributed by atoms with Crippen LogP contribution < -0.4 is 5.32 Å². The van der Waals surface area contributed by atoms with Gasteiger partial charge in [0.2, 0.25) is 11.8 Å². The molecule has 1 heterocycles. The molecule has 126 valence electrons. The van der Waals surface area contributed by atoms with Gasteiger partial charge in [-0.2, -0.15) is 0 Å². The van der Waals surface area contributed by atoms with Crippen molar-refractivity contribution in [2.75, 3.05) is 11.9 Å². The number of aromatic nitrogens is 1. The van der Waals surface area contributed by atoms with Crippen LogP contribution in [0.5, 0.6) is 0 Å². The molecule has 0 aliphatic heterocycles. The van der Waals surface area contributed by atoms with Crippen molar-refractivity contribution in [3.63, 3.8) is 0 Å². The maximum Gasteiger partial charge on any atom is 0.226 e. The molecule has 1 aromatic carbocycles. The molecule has 1 N–H and O–H groups in total. The van der Waals surface area contributed by atoms with Crippen LogP contribution in [0.15, 0.2) is 42.7 Å². The number of rotatable bonds is 6. The molecule has 0 aliphatic rings. The fourth-order valence-corrected chi connectivity index (χ4v) is 2.56. The molecule has 5 nitrogen and oxygen atoms in total. The van der Waals surface area contributed by atoms with E-state index in [0.717, 1.165) is 5.56 Å². The molecule has 0 spiro atoms. The van der Waals surface area contributed by atoms with Crippen molar-refractivity contribution in [3.05, 3.63) is 58.3 Å². The van der Waals surface area contributed by atoms with Gasteiger partial charge in [-0.1, -0.05) is 29.3 Å². The number of pyridine rings is 1. The van der Waals surface area contributed by atoms with Crippen molar-refractivity contribution in [2.45, 2.75) is 19.9 Å². The number of halogens is 2. The van der Waals surface area contributed by atoms with E-state index in [4.69, 9.17) is 23.2 Å². The molecule has 0 radical (unpaired) electrons. The van der Waals surface area contributed by atoms with Crippen LogP contribution in [0.1, 0.15) is 18.9 Å². The van der Waals surface area contributed by atoms with Gasteiger partial charge >= 0.3 is 0 Å². The highest BCUT2D eigenvalue weighted by molar-refractivity contribution is 6.36. The molecular formula is C17H17Cl2N3O2. The van der Waals surface area contributed by atoms with E-state index in [1.54, 1.807) is 35.5 Å². The average molecular weight is 366 g/mol. The summed E-state index contributed by atoms with van der Waals surface area (Å²) < 4.78 is 0. The normalized spacial score (nSPS) is 10.3. The summed E-state index contributed by atoms with van der Waals surface area (Å²) in [4.78, 5) is 29.4. The lowest BCUT2D eigenvalue weighted by atomic mass is 10.2. The van der Waals surface area contributed by atoms with E-state index < -0.39 is 0 Å². The molecule has 0 bridgehead atoms. The number of nitrogens with zero attached hydrogens (tertiary/aromatic N) is 2. The van der Waals surface area contributed by atoms with Gasteiger partial charge < -0.3 is 10.2 Å². The van der Waals surface area contributed by atoms with Crippen LogP contribution in [0.25, 0.3) is 0 Å². The highest BCUT2D eigenvalue weighted by atomic mass is 35.5. The molecular weight excluding hydrogens is 349 g/mol. The summed E-state index contributed by atoms with van der Waals surface area (Å²) in [7, 11) is 0. The Balaban J connectivity index is 1.91. The Morgan fingerprint density at radius 2 is 2.04 bits per heavy atom. The van der Waals surface area contributed by atoms with E-state index in [0.29, 0.717) is 28.8 Å². The Bertz CT molecular complexity index is 723. The lowest BCUT2D eigenvalue weighted by molar-refractivity contribution is -0.129. The smallest absolute Gasteiger partial charge is 0.226 e. The third-order valence-corrected chi connectivity index (χ3v) is 3.90. The van der Waals surface area contributed by atoms with E-state index in [2.05, 4.69) is 10.3 Å². The van der Waals surface area contributed by atoms with E-state index in [1.807, 2.05) is 12.1 Å². The highest BCUT2D eigenvalue weighted by Gasteiger charge is 2.13. The summed E-state index contributed by atoms with van der Waals surface area (Å²) in [5, 5.41) is 3.58. The van der Waals surface area contributed by atoms with Gasteiger partial charge in [0.25, 0.3) is 0 Å². The van der Waals surface area contributed by atoms with E-state index >= 15 is 0 Å². The zero-order valence-corrected chi connectivity index (χ0v) is 14.6. The molecule has 2 aromatic rings. The van der Waals surface area contributed by atoms with Crippen molar-refractivity contribution in [1.82, 2.24) is 9.88 Å². The zero-order valence-electron chi connectivity index (χ0n) is 13.1. The van der Waals surface area contributed by atoms with Crippen molar-refractivity contribution >= 4 is 40.7 Å².